The molecule has 14 heavy (non-hydrogen) atoms. The average molecular weight is 424 g/mol. The Bertz CT molecular complexity index is 241. The molecule has 0 saturated carbocycles. The van der Waals surface area contributed by atoms with Gasteiger partial charge in [0.15, 0.2) is 11.5 Å². The van der Waals surface area contributed by atoms with Gasteiger partial charge in [0.1, 0.15) is 23.0 Å². The molecule has 3 nitrogen and oxygen atoms in total. The van der Waals surface area contributed by atoms with Gasteiger partial charge in [-0.1, -0.05) is 28.7 Å². The molecule has 0 aliphatic heterocycles. The Kier molecular flexibility index (Phi) is 13.5. The smallest absolute Gasteiger partial charge is 0.157 e. The number of benzene rings is 1. The van der Waals surface area contributed by atoms with Crippen molar-refractivity contribution in [2.24, 2.45) is 0 Å². The minimum atomic E-state index is -0.0689. The number of alkyl halides is 1. The van der Waals surface area contributed by atoms with Crippen LogP contribution in [-0.2, 0) is 3.07 Å². The summed E-state index contributed by atoms with van der Waals surface area (Å²) in [6.45, 7) is 1.85. The minimum absolute atomic E-state index is 0.0602. The maximum atomic E-state index is 8.85. The van der Waals surface area contributed by atoms with Crippen molar-refractivity contribution in [1.82, 2.24) is 0 Å². The Morgan fingerprint density at radius 1 is 1.14 bits per heavy atom. The first-order valence-corrected chi connectivity index (χ1v) is 6.66. The van der Waals surface area contributed by atoms with E-state index in [-0.39, 0.29) is 11.5 Å². The lowest BCUT2D eigenvalue weighted by molar-refractivity contribution is 0.403. The van der Waals surface area contributed by atoms with Crippen molar-refractivity contribution in [3.05, 3.63) is 23.8 Å². The second-order valence-electron chi connectivity index (χ2n) is 2.15. The van der Waals surface area contributed by atoms with Crippen LogP contribution in [-0.4, -0.2) is 22.3 Å². The maximum absolute atomic E-state index is 8.85. The average Bonchev–Trinajstić information content (AvgIpc) is 2.17. The lowest BCUT2D eigenvalue weighted by atomic mass is 10.2. The van der Waals surface area contributed by atoms with Gasteiger partial charge in [-0.2, -0.15) is 0 Å². The standard InChI is InChI=1S/C7H8O2.CH3IO.CH3I/c1-5-2-3-6(8)7(9)4-5;1-3-2;1-2/h2-4,8-9H,1H3;1H3;1H3. The van der Waals surface area contributed by atoms with Crippen molar-refractivity contribution in [3.63, 3.8) is 0 Å². The van der Waals surface area contributed by atoms with Crippen molar-refractivity contribution in [1.29, 1.82) is 0 Å². The fraction of sp³-hybridized carbons (Fsp3) is 0.333. The number of phenols is 2. The van der Waals surface area contributed by atoms with Crippen LogP contribution in [0.15, 0.2) is 18.2 Å². The first kappa shape index (κ1) is 16.7. The summed E-state index contributed by atoms with van der Waals surface area (Å²) in [7, 11) is 1.61. The van der Waals surface area contributed by atoms with E-state index in [1.54, 1.807) is 36.2 Å². The second kappa shape index (κ2) is 11.3. The van der Waals surface area contributed by atoms with Gasteiger partial charge in [0.25, 0.3) is 0 Å². The molecule has 1 aromatic rings. The SMILES string of the molecule is CI.COI.Cc1ccc(O)c(O)c1. The van der Waals surface area contributed by atoms with E-state index in [0.717, 1.165) is 5.56 Å². The van der Waals surface area contributed by atoms with E-state index < -0.39 is 0 Å². The van der Waals surface area contributed by atoms with Crippen LogP contribution in [0, 0.1) is 6.92 Å². The molecule has 0 atom stereocenters. The molecule has 1 rings (SSSR count). The Morgan fingerprint density at radius 2 is 1.57 bits per heavy atom. The topological polar surface area (TPSA) is 49.7 Å². The van der Waals surface area contributed by atoms with E-state index >= 15 is 0 Å². The zero-order chi connectivity index (χ0) is 11.6. The maximum Gasteiger partial charge on any atom is 0.157 e. The highest BCUT2D eigenvalue weighted by atomic mass is 127. The predicted octanol–water partition coefficient (Wildman–Crippen LogP) is 3.44. The van der Waals surface area contributed by atoms with Gasteiger partial charge >= 0.3 is 0 Å². The number of aryl methyl sites for hydroxylation is 1. The third-order valence-corrected chi connectivity index (χ3v) is 1.13. The lowest BCUT2D eigenvalue weighted by Gasteiger charge is -1.95. The fourth-order valence-electron chi connectivity index (χ4n) is 0.633. The molecule has 0 amide bonds. The Balaban J connectivity index is 0. The highest BCUT2D eigenvalue weighted by molar-refractivity contribution is 14.1. The van der Waals surface area contributed by atoms with Crippen molar-refractivity contribution >= 4 is 45.6 Å². The quantitative estimate of drug-likeness (QED) is 0.382. The van der Waals surface area contributed by atoms with Crippen molar-refractivity contribution in [2.75, 3.05) is 12.0 Å². The molecule has 0 radical (unpaired) electrons. The second-order valence-corrected chi connectivity index (χ2v) is 3.03. The van der Waals surface area contributed by atoms with Crippen LogP contribution < -0.4 is 0 Å². The summed E-state index contributed by atoms with van der Waals surface area (Å²) < 4.78 is 4.22. The molecule has 0 bridgehead atoms. The van der Waals surface area contributed by atoms with Gasteiger partial charge < -0.3 is 13.3 Å². The molecule has 1 aromatic carbocycles. The molecule has 0 unspecified atom stereocenters. The molecular formula is C9H14I2O3. The van der Waals surface area contributed by atoms with E-state index in [0.29, 0.717) is 0 Å². The number of hydrogen-bond donors (Lipinski definition) is 2. The largest absolute Gasteiger partial charge is 0.504 e. The van der Waals surface area contributed by atoms with Gasteiger partial charge in [0.2, 0.25) is 0 Å². The monoisotopic (exact) mass is 424 g/mol. The Morgan fingerprint density at radius 3 is 1.86 bits per heavy atom. The molecule has 2 N–H and O–H groups in total. The summed E-state index contributed by atoms with van der Waals surface area (Å²) in [5.74, 6) is -0.129. The summed E-state index contributed by atoms with van der Waals surface area (Å²) in [5.41, 5.74) is 0.935. The number of hydrogen-bond acceptors (Lipinski definition) is 3. The van der Waals surface area contributed by atoms with E-state index in [1.807, 2.05) is 11.9 Å². The fourth-order valence-corrected chi connectivity index (χ4v) is 0.633. The number of phenolic OH excluding ortho intramolecular Hbond substituents is 2. The van der Waals surface area contributed by atoms with Gasteiger partial charge in [-0.25, -0.2) is 0 Å². The molecule has 0 aliphatic carbocycles. The normalized spacial score (nSPS) is 7.79. The summed E-state index contributed by atoms with van der Waals surface area (Å²) in [6, 6.07) is 4.70. The molecule has 0 heterocycles. The zero-order valence-corrected chi connectivity index (χ0v) is 12.6. The van der Waals surface area contributed by atoms with Gasteiger partial charge in [-0.05, 0) is 29.6 Å². The highest BCUT2D eigenvalue weighted by Crippen LogP contribution is 2.23. The number of rotatable bonds is 0. The van der Waals surface area contributed by atoms with Crippen LogP contribution in [0.4, 0.5) is 0 Å². The van der Waals surface area contributed by atoms with Crippen molar-refractivity contribution < 1.29 is 13.3 Å². The van der Waals surface area contributed by atoms with Gasteiger partial charge in [0, 0.05) is 7.11 Å². The molecule has 5 heteroatoms. The van der Waals surface area contributed by atoms with Crippen LogP contribution in [0.1, 0.15) is 5.56 Å². The molecular weight excluding hydrogens is 410 g/mol. The summed E-state index contributed by atoms with van der Waals surface area (Å²) in [5, 5.41) is 17.6. The summed E-state index contributed by atoms with van der Waals surface area (Å²) in [6.07, 6.45) is 0. The molecule has 0 aliphatic rings. The minimum Gasteiger partial charge on any atom is -0.504 e. The summed E-state index contributed by atoms with van der Waals surface area (Å²) in [4.78, 5) is 1.97. The van der Waals surface area contributed by atoms with Crippen LogP contribution in [0.3, 0.4) is 0 Å². The van der Waals surface area contributed by atoms with Gasteiger partial charge in [-0.3, -0.25) is 0 Å². The van der Waals surface area contributed by atoms with E-state index in [2.05, 4.69) is 25.7 Å². The first-order valence-electron chi connectivity index (χ1n) is 3.63. The molecule has 0 aromatic heterocycles. The van der Waals surface area contributed by atoms with Gasteiger partial charge in [0.05, 0.1) is 0 Å². The molecule has 82 valence electrons. The van der Waals surface area contributed by atoms with Crippen LogP contribution >= 0.6 is 45.6 Å². The van der Waals surface area contributed by atoms with Crippen molar-refractivity contribution in [2.45, 2.75) is 6.92 Å². The van der Waals surface area contributed by atoms with Gasteiger partial charge in [-0.15, -0.1) is 0 Å². The van der Waals surface area contributed by atoms with E-state index in [9.17, 15) is 0 Å². The number of aromatic hydroxyl groups is 2. The van der Waals surface area contributed by atoms with Crippen LogP contribution in [0.5, 0.6) is 11.5 Å². The third-order valence-electron chi connectivity index (χ3n) is 1.13. The van der Waals surface area contributed by atoms with E-state index in [4.69, 9.17) is 10.2 Å². The number of halogens is 2. The molecule has 0 fully saturated rings. The van der Waals surface area contributed by atoms with Crippen LogP contribution in [0.25, 0.3) is 0 Å². The Hall–Kier alpha value is 0.240. The predicted molar refractivity (Wildman–Crippen MR) is 75.5 cm³/mol. The third kappa shape index (κ3) is 8.82. The molecule has 0 spiro atoms. The van der Waals surface area contributed by atoms with Crippen molar-refractivity contribution in [3.8, 4) is 11.5 Å². The van der Waals surface area contributed by atoms with Crippen LogP contribution in [0.2, 0.25) is 0 Å². The highest BCUT2D eigenvalue weighted by Gasteiger charge is 1.94. The first-order chi connectivity index (χ1) is 6.61. The zero-order valence-electron chi connectivity index (χ0n) is 8.29. The lowest BCUT2D eigenvalue weighted by Crippen LogP contribution is -1.70. The Labute approximate surface area is 112 Å². The molecule has 0 saturated heterocycles. The van der Waals surface area contributed by atoms with E-state index in [1.165, 1.54) is 12.1 Å². The summed E-state index contributed by atoms with van der Waals surface area (Å²) >= 11 is 3.94.